The van der Waals surface area contributed by atoms with Crippen molar-refractivity contribution in [2.24, 2.45) is 0 Å². The summed E-state index contributed by atoms with van der Waals surface area (Å²) in [6, 6.07) is 5.83. The van der Waals surface area contributed by atoms with Crippen LogP contribution in [0.25, 0.3) is 0 Å². The van der Waals surface area contributed by atoms with Gasteiger partial charge in [-0.25, -0.2) is 4.39 Å². The first-order valence-electron chi connectivity index (χ1n) is 7.44. The maximum Gasteiger partial charge on any atom is 0.253 e. The Kier molecular flexibility index (Phi) is 5.46. The molecule has 1 aliphatic rings. The van der Waals surface area contributed by atoms with Crippen molar-refractivity contribution < 1.29 is 14.0 Å². The van der Waals surface area contributed by atoms with Gasteiger partial charge >= 0.3 is 0 Å². The Morgan fingerprint density at radius 2 is 2.13 bits per heavy atom. The molecule has 0 fully saturated rings. The topological polar surface area (TPSA) is 58.2 Å². The molecule has 5 heteroatoms. The lowest BCUT2D eigenvalue weighted by Crippen LogP contribution is -2.34. The van der Waals surface area contributed by atoms with Crippen LogP contribution in [-0.2, 0) is 9.59 Å². The van der Waals surface area contributed by atoms with E-state index < -0.39 is 5.92 Å². The molecule has 0 spiro atoms. The third kappa shape index (κ3) is 4.16. The standard InChI is InChI=1S/C18H19FN2O2/c1-3-5-14(4-2)21-18(23)16-11-20-17(22)10-15(16)12-6-8-13(19)9-7-12/h4-9,11,15H,2-3,10H2,1H3,(H,20,22)(H,21,23). The van der Waals surface area contributed by atoms with Crippen molar-refractivity contribution in [2.45, 2.75) is 25.7 Å². The smallest absolute Gasteiger partial charge is 0.253 e. The monoisotopic (exact) mass is 314 g/mol. The fraction of sp³-hybridized carbons (Fsp3) is 0.222. The molecule has 0 aliphatic carbocycles. The number of carbonyl (C=O) groups excluding carboxylic acids is 2. The highest BCUT2D eigenvalue weighted by Crippen LogP contribution is 2.30. The maximum atomic E-state index is 13.1. The zero-order chi connectivity index (χ0) is 16.8. The Hall–Kier alpha value is -2.69. The number of hydrogen-bond donors (Lipinski definition) is 2. The molecule has 1 aromatic carbocycles. The second-order valence-corrected chi connectivity index (χ2v) is 5.20. The molecule has 23 heavy (non-hydrogen) atoms. The van der Waals surface area contributed by atoms with Gasteiger partial charge in [0.15, 0.2) is 0 Å². The molecule has 1 unspecified atom stereocenters. The normalized spacial score (nSPS) is 18.0. The lowest BCUT2D eigenvalue weighted by atomic mass is 9.86. The predicted octanol–water partition coefficient (Wildman–Crippen LogP) is 2.91. The van der Waals surface area contributed by atoms with Gasteiger partial charge < -0.3 is 10.6 Å². The number of benzene rings is 1. The molecule has 0 aromatic heterocycles. The fourth-order valence-corrected chi connectivity index (χ4v) is 2.44. The Bertz CT molecular complexity index is 675. The van der Waals surface area contributed by atoms with Gasteiger partial charge in [-0.15, -0.1) is 0 Å². The van der Waals surface area contributed by atoms with Crippen molar-refractivity contribution in [1.29, 1.82) is 0 Å². The van der Waals surface area contributed by atoms with Crippen LogP contribution in [-0.4, -0.2) is 11.8 Å². The third-order valence-electron chi connectivity index (χ3n) is 3.59. The summed E-state index contributed by atoms with van der Waals surface area (Å²) in [5.74, 6) is -1.25. The van der Waals surface area contributed by atoms with Gasteiger partial charge in [-0.2, -0.15) is 0 Å². The van der Waals surface area contributed by atoms with Crippen LogP contribution >= 0.6 is 0 Å². The largest absolute Gasteiger partial charge is 0.332 e. The van der Waals surface area contributed by atoms with Gasteiger partial charge in [-0.1, -0.05) is 31.7 Å². The summed E-state index contributed by atoms with van der Waals surface area (Å²) in [6.07, 6.45) is 5.74. The molecular weight excluding hydrogens is 295 g/mol. The molecule has 2 amide bonds. The van der Waals surface area contributed by atoms with Crippen LogP contribution in [0.15, 0.2) is 60.5 Å². The molecule has 0 saturated carbocycles. The SMILES string of the molecule is C=CC(=CCC)NC(=O)C1=CNC(=O)CC1c1ccc(F)cc1. The van der Waals surface area contributed by atoms with E-state index in [1.165, 1.54) is 18.3 Å². The van der Waals surface area contributed by atoms with Crippen molar-refractivity contribution in [1.82, 2.24) is 10.6 Å². The van der Waals surface area contributed by atoms with E-state index in [0.29, 0.717) is 11.3 Å². The minimum absolute atomic E-state index is 0.145. The average molecular weight is 314 g/mol. The number of nitrogens with one attached hydrogen (secondary N) is 2. The molecule has 0 bridgehead atoms. The molecule has 120 valence electrons. The molecule has 4 nitrogen and oxygen atoms in total. The Balaban J connectivity index is 2.28. The van der Waals surface area contributed by atoms with Crippen LogP contribution in [0.2, 0.25) is 0 Å². The first kappa shape index (κ1) is 16.7. The van der Waals surface area contributed by atoms with E-state index in [9.17, 15) is 14.0 Å². The quantitative estimate of drug-likeness (QED) is 0.821. The minimum Gasteiger partial charge on any atom is -0.332 e. The van der Waals surface area contributed by atoms with E-state index in [-0.39, 0.29) is 24.1 Å². The molecule has 2 rings (SSSR count). The maximum absolute atomic E-state index is 13.1. The summed E-state index contributed by atoms with van der Waals surface area (Å²) in [4.78, 5) is 24.2. The number of amides is 2. The molecule has 0 radical (unpaired) electrons. The van der Waals surface area contributed by atoms with Gasteiger partial charge in [0.25, 0.3) is 5.91 Å². The van der Waals surface area contributed by atoms with Gasteiger partial charge in [0.05, 0.1) is 0 Å². The summed E-state index contributed by atoms with van der Waals surface area (Å²) in [6.45, 7) is 5.62. The first-order valence-corrected chi connectivity index (χ1v) is 7.44. The molecule has 1 atom stereocenters. The molecule has 1 aromatic rings. The van der Waals surface area contributed by atoms with Gasteiger partial charge in [-0.3, -0.25) is 9.59 Å². The number of halogens is 1. The van der Waals surface area contributed by atoms with E-state index in [2.05, 4.69) is 17.2 Å². The number of carbonyl (C=O) groups is 2. The van der Waals surface area contributed by atoms with Crippen LogP contribution in [0.4, 0.5) is 4.39 Å². The predicted molar refractivity (Wildman–Crippen MR) is 86.7 cm³/mol. The second-order valence-electron chi connectivity index (χ2n) is 5.20. The highest BCUT2D eigenvalue weighted by molar-refractivity contribution is 5.99. The van der Waals surface area contributed by atoms with Gasteiger partial charge in [0, 0.05) is 29.8 Å². The first-order chi connectivity index (χ1) is 11.0. The molecule has 2 N–H and O–H groups in total. The van der Waals surface area contributed by atoms with Gasteiger partial charge in [0.1, 0.15) is 5.82 Å². The summed E-state index contributed by atoms with van der Waals surface area (Å²) in [7, 11) is 0. The van der Waals surface area contributed by atoms with Crippen LogP contribution < -0.4 is 10.6 Å². The summed E-state index contributed by atoms with van der Waals surface area (Å²) in [5, 5.41) is 5.34. The molecule has 0 saturated heterocycles. The Morgan fingerprint density at radius 1 is 1.43 bits per heavy atom. The summed E-state index contributed by atoms with van der Waals surface area (Å²) in [5.41, 5.74) is 1.77. The lowest BCUT2D eigenvalue weighted by molar-refractivity contribution is -0.121. The number of rotatable bonds is 5. The van der Waals surface area contributed by atoms with E-state index in [1.807, 2.05) is 13.0 Å². The van der Waals surface area contributed by atoms with Crippen molar-refractivity contribution in [2.75, 3.05) is 0 Å². The summed E-state index contributed by atoms with van der Waals surface area (Å²) >= 11 is 0. The van der Waals surface area contributed by atoms with Crippen molar-refractivity contribution >= 4 is 11.8 Å². The van der Waals surface area contributed by atoms with Crippen molar-refractivity contribution in [3.63, 3.8) is 0 Å². The van der Waals surface area contributed by atoms with Crippen molar-refractivity contribution in [3.8, 4) is 0 Å². The molecular formula is C18H19FN2O2. The van der Waals surface area contributed by atoms with E-state index >= 15 is 0 Å². The van der Waals surface area contributed by atoms with Crippen LogP contribution in [0.1, 0.15) is 31.2 Å². The number of allylic oxidation sites excluding steroid dienone is 2. The van der Waals surface area contributed by atoms with E-state index in [0.717, 1.165) is 12.0 Å². The Labute approximate surface area is 134 Å². The van der Waals surface area contributed by atoms with Crippen LogP contribution in [0.5, 0.6) is 0 Å². The zero-order valence-electron chi connectivity index (χ0n) is 12.9. The van der Waals surface area contributed by atoms with Crippen molar-refractivity contribution in [3.05, 3.63) is 71.8 Å². The highest BCUT2D eigenvalue weighted by atomic mass is 19.1. The molecule has 1 aliphatic heterocycles. The number of hydrogen-bond acceptors (Lipinski definition) is 2. The van der Waals surface area contributed by atoms with Crippen LogP contribution in [0, 0.1) is 5.82 Å². The van der Waals surface area contributed by atoms with E-state index in [1.54, 1.807) is 18.2 Å². The van der Waals surface area contributed by atoms with E-state index in [4.69, 9.17) is 0 Å². The second kappa shape index (κ2) is 7.54. The summed E-state index contributed by atoms with van der Waals surface area (Å²) < 4.78 is 13.1. The Morgan fingerprint density at radius 3 is 2.74 bits per heavy atom. The fourth-order valence-electron chi connectivity index (χ4n) is 2.44. The average Bonchev–Trinajstić information content (AvgIpc) is 2.54. The molecule has 1 heterocycles. The van der Waals surface area contributed by atoms with Crippen LogP contribution in [0.3, 0.4) is 0 Å². The lowest BCUT2D eigenvalue weighted by Gasteiger charge is -2.24. The third-order valence-corrected chi connectivity index (χ3v) is 3.59. The highest BCUT2D eigenvalue weighted by Gasteiger charge is 2.28. The van der Waals surface area contributed by atoms with Gasteiger partial charge in [0.2, 0.25) is 5.91 Å². The zero-order valence-corrected chi connectivity index (χ0v) is 12.9. The van der Waals surface area contributed by atoms with Gasteiger partial charge in [-0.05, 0) is 30.2 Å². The minimum atomic E-state index is -0.406.